The van der Waals surface area contributed by atoms with Gasteiger partial charge < -0.3 is 15.0 Å². The van der Waals surface area contributed by atoms with Gasteiger partial charge in [-0.15, -0.1) is 11.3 Å². The number of hydrogen-bond acceptors (Lipinski definition) is 7. The fourth-order valence-corrected chi connectivity index (χ4v) is 6.67. The van der Waals surface area contributed by atoms with Gasteiger partial charge in [0.1, 0.15) is 16.4 Å². The summed E-state index contributed by atoms with van der Waals surface area (Å²) in [7, 11) is 0. The van der Waals surface area contributed by atoms with Crippen LogP contribution >= 0.6 is 22.9 Å². The molecule has 3 aliphatic rings. The molecule has 7 rings (SSSR count). The SMILES string of the molecule is CCOC(=O)[C@H]1C2CCC(CC2)[C@@H]1Nc1cc(-c2c[nH]c3nc(Cl)cnc23)nc(-c2cccs2)c1F. The maximum absolute atomic E-state index is 16.0. The molecule has 0 aliphatic heterocycles. The molecule has 2 N–H and O–H groups in total. The predicted octanol–water partition coefficient (Wildman–Crippen LogP) is 6.32. The summed E-state index contributed by atoms with van der Waals surface area (Å²) in [4.78, 5) is 30.2. The quantitative estimate of drug-likeness (QED) is 0.286. The van der Waals surface area contributed by atoms with E-state index in [9.17, 15) is 4.79 Å². The first-order valence-corrected chi connectivity index (χ1v) is 13.5. The Morgan fingerprint density at radius 1 is 1.28 bits per heavy atom. The Morgan fingerprint density at radius 3 is 2.83 bits per heavy atom. The van der Waals surface area contributed by atoms with Crippen molar-refractivity contribution in [3.8, 4) is 21.8 Å². The number of anilines is 1. The Labute approximate surface area is 216 Å². The first kappa shape index (κ1) is 23.4. The van der Waals surface area contributed by atoms with Crippen LogP contribution in [0.25, 0.3) is 33.0 Å². The predicted molar refractivity (Wildman–Crippen MR) is 138 cm³/mol. The summed E-state index contributed by atoms with van der Waals surface area (Å²) in [6, 6.07) is 5.23. The minimum absolute atomic E-state index is 0.193. The van der Waals surface area contributed by atoms with Crippen LogP contribution in [0.2, 0.25) is 5.15 Å². The number of aromatic nitrogens is 4. The summed E-state index contributed by atoms with van der Waals surface area (Å²) < 4.78 is 21.5. The Bertz CT molecular complexity index is 1420. The molecule has 2 bridgehead atoms. The van der Waals surface area contributed by atoms with Crippen molar-refractivity contribution in [2.45, 2.75) is 38.6 Å². The Balaban J connectivity index is 1.45. The molecule has 3 saturated carbocycles. The highest BCUT2D eigenvalue weighted by Gasteiger charge is 2.48. The van der Waals surface area contributed by atoms with Crippen molar-refractivity contribution >= 4 is 45.8 Å². The van der Waals surface area contributed by atoms with Crippen molar-refractivity contribution in [3.05, 3.63) is 46.9 Å². The van der Waals surface area contributed by atoms with Gasteiger partial charge in [0.25, 0.3) is 0 Å². The van der Waals surface area contributed by atoms with E-state index in [1.54, 1.807) is 12.3 Å². The summed E-state index contributed by atoms with van der Waals surface area (Å²) in [5, 5.41) is 5.63. The molecule has 3 fully saturated rings. The molecule has 3 aliphatic carbocycles. The van der Waals surface area contributed by atoms with Crippen molar-refractivity contribution in [1.82, 2.24) is 19.9 Å². The number of nitrogens with one attached hydrogen (secondary N) is 2. The number of H-pyrrole nitrogens is 1. The second kappa shape index (κ2) is 9.44. The maximum atomic E-state index is 16.0. The zero-order valence-corrected chi connectivity index (χ0v) is 21.2. The molecule has 0 aromatic carbocycles. The number of nitrogens with zero attached hydrogens (tertiary/aromatic N) is 3. The summed E-state index contributed by atoms with van der Waals surface area (Å²) in [5.74, 6) is -0.381. The van der Waals surface area contributed by atoms with E-state index in [0.29, 0.717) is 34.7 Å². The summed E-state index contributed by atoms with van der Waals surface area (Å²) in [6.45, 7) is 2.15. The third-order valence-corrected chi connectivity index (χ3v) is 8.50. The van der Waals surface area contributed by atoms with E-state index in [1.807, 2.05) is 24.4 Å². The number of esters is 1. The minimum Gasteiger partial charge on any atom is -0.466 e. The summed E-state index contributed by atoms with van der Waals surface area (Å²) in [6.07, 6.45) is 7.30. The van der Waals surface area contributed by atoms with Gasteiger partial charge in [0.15, 0.2) is 11.5 Å². The van der Waals surface area contributed by atoms with Gasteiger partial charge in [-0.25, -0.2) is 19.3 Å². The van der Waals surface area contributed by atoms with Crippen LogP contribution in [0.4, 0.5) is 10.1 Å². The molecule has 0 unspecified atom stereocenters. The molecular formula is C26H25ClFN5O2S. The number of fused-ring (bicyclic) bond motifs is 4. The highest BCUT2D eigenvalue weighted by Crippen LogP contribution is 2.47. The lowest BCUT2D eigenvalue weighted by molar-refractivity contribution is -0.154. The second-order valence-corrected chi connectivity index (χ2v) is 10.7. The van der Waals surface area contributed by atoms with Crippen LogP contribution in [0.15, 0.2) is 36.0 Å². The van der Waals surface area contributed by atoms with Gasteiger partial charge in [-0.1, -0.05) is 17.7 Å². The minimum atomic E-state index is -0.431. The molecule has 10 heteroatoms. The van der Waals surface area contributed by atoms with E-state index < -0.39 is 5.82 Å². The monoisotopic (exact) mass is 525 g/mol. The Kier molecular flexibility index (Phi) is 6.13. The van der Waals surface area contributed by atoms with Crippen molar-refractivity contribution in [2.24, 2.45) is 17.8 Å². The molecular weight excluding hydrogens is 501 g/mol. The van der Waals surface area contributed by atoms with Gasteiger partial charge in [-0.2, -0.15) is 0 Å². The number of aromatic amines is 1. The molecule has 2 atom stereocenters. The highest BCUT2D eigenvalue weighted by atomic mass is 35.5. The number of carbonyl (C=O) groups excluding carboxylic acids is 1. The maximum Gasteiger partial charge on any atom is 0.311 e. The lowest BCUT2D eigenvalue weighted by Crippen LogP contribution is -2.52. The van der Waals surface area contributed by atoms with E-state index in [1.165, 1.54) is 17.5 Å². The topological polar surface area (TPSA) is 92.8 Å². The summed E-state index contributed by atoms with van der Waals surface area (Å²) in [5.41, 5.74) is 2.97. The molecule has 0 radical (unpaired) electrons. The Hall–Kier alpha value is -3.04. The normalized spacial score (nSPS) is 23.2. The number of hydrogen-bond donors (Lipinski definition) is 2. The van der Waals surface area contributed by atoms with E-state index in [2.05, 4.69) is 20.3 Å². The number of carbonyl (C=O) groups is 1. The molecule has 36 heavy (non-hydrogen) atoms. The number of thiophene rings is 1. The van der Waals surface area contributed by atoms with Crippen LogP contribution < -0.4 is 5.32 Å². The Morgan fingerprint density at radius 2 is 2.08 bits per heavy atom. The van der Waals surface area contributed by atoms with Gasteiger partial charge in [0.2, 0.25) is 0 Å². The molecule has 0 amide bonds. The summed E-state index contributed by atoms with van der Waals surface area (Å²) >= 11 is 7.43. The zero-order valence-electron chi connectivity index (χ0n) is 19.6. The highest BCUT2D eigenvalue weighted by molar-refractivity contribution is 7.13. The van der Waals surface area contributed by atoms with Crippen LogP contribution in [0, 0.1) is 23.6 Å². The van der Waals surface area contributed by atoms with Crippen molar-refractivity contribution in [1.29, 1.82) is 0 Å². The average Bonchev–Trinajstić information content (AvgIpc) is 3.56. The molecule has 4 heterocycles. The van der Waals surface area contributed by atoms with Gasteiger partial charge in [-0.3, -0.25) is 4.79 Å². The largest absolute Gasteiger partial charge is 0.466 e. The third kappa shape index (κ3) is 4.04. The van der Waals surface area contributed by atoms with Crippen LogP contribution in [-0.2, 0) is 9.53 Å². The number of halogens is 2. The molecule has 0 saturated heterocycles. The molecule has 4 aromatic heterocycles. The third-order valence-electron chi connectivity index (χ3n) is 7.44. The van der Waals surface area contributed by atoms with Gasteiger partial charge in [0, 0.05) is 17.8 Å². The number of pyridine rings is 1. The fraction of sp³-hybridized carbons (Fsp3) is 0.385. The lowest BCUT2D eigenvalue weighted by atomic mass is 9.61. The fourth-order valence-electron chi connectivity index (χ4n) is 5.83. The van der Waals surface area contributed by atoms with E-state index in [-0.39, 0.29) is 40.6 Å². The standard InChI is InChI=1S/C26H25ClFN5O2S/c1-2-35-26(34)20-13-5-7-14(8-6-13)22(20)32-17-10-16(31-24(21(17)28)18-4-3-9-36-18)15-11-30-25-23(15)29-12-19(27)33-25/h3-4,9-14,20,22H,2,5-8H2,1H3,(H,30,33)(H,31,32)/t13?,14?,20-,22-/m0/s1. The smallest absolute Gasteiger partial charge is 0.311 e. The number of ether oxygens (including phenoxy) is 1. The first-order chi connectivity index (χ1) is 17.5. The second-order valence-electron chi connectivity index (χ2n) is 9.41. The molecule has 7 nitrogen and oxygen atoms in total. The van der Waals surface area contributed by atoms with Crippen LogP contribution in [-0.4, -0.2) is 38.6 Å². The number of rotatable bonds is 6. The molecule has 4 aromatic rings. The first-order valence-electron chi connectivity index (χ1n) is 12.2. The van der Waals surface area contributed by atoms with Crippen LogP contribution in [0.5, 0.6) is 0 Å². The van der Waals surface area contributed by atoms with E-state index in [4.69, 9.17) is 21.3 Å². The molecule has 186 valence electrons. The van der Waals surface area contributed by atoms with Gasteiger partial charge in [-0.05, 0) is 62.0 Å². The van der Waals surface area contributed by atoms with Crippen LogP contribution in [0.3, 0.4) is 0 Å². The van der Waals surface area contributed by atoms with Crippen LogP contribution in [0.1, 0.15) is 32.6 Å². The van der Waals surface area contributed by atoms with Crippen molar-refractivity contribution < 1.29 is 13.9 Å². The zero-order chi connectivity index (χ0) is 24.8. The van der Waals surface area contributed by atoms with E-state index >= 15 is 4.39 Å². The average molecular weight is 526 g/mol. The molecule has 0 spiro atoms. The van der Waals surface area contributed by atoms with E-state index in [0.717, 1.165) is 30.6 Å². The van der Waals surface area contributed by atoms with Crippen molar-refractivity contribution in [3.63, 3.8) is 0 Å². The van der Waals surface area contributed by atoms with Gasteiger partial charge in [0.05, 0.1) is 35.0 Å². The van der Waals surface area contributed by atoms with Crippen molar-refractivity contribution in [2.75, 3.05) is 11.9 Å². The van der Waals surface area contributed by atoms with Gasteiger partial charge >= 0.3 is 5.97 Å². The lowest BCUT2D eigenvalue weighted by Gasteiger charge is -2.47.